The second kappa shape index (κ2) is 7.64. The first kappa shape index (κ1) is 18.2. The third-order valence-electron chi connectivity index (χ3n) is 2.77. The van der Waals surface area contributed by atoms with E-state index in [9.17, 15) is 18.0 Å². The van der Waals surface area contributed by atoms with Crippen molar-refractivity contribution in [3.8, 4) is 17.8 Å². The lowest BCUT2D eigenvalue weighted by atomic mass is 10.2. The van der Waals surface area contributed by atoms with Gasteiger partial charge in [0.1, 0.15) is 5.75 Å². The minimum atomic E-state index is -4.91. The molecular formula is C14H13F3N4O4. The van der Waals surface area contributed by atoms with E-state index in [0.717, 1.165) is 6.07 Å². The number of benzene rings is 1. The smallest absolute Gasteiger partial charge is 0.467 e. The van der Waals surface area contributed by atoms with Gasteiger partial charge in [-0.2, -0.15) is 9.97 Å². The molecule has 1 heterocycles. The van der Waals surface area contributed by atoms with Crippen molar-refractivity contribution in [3.05, 3.63) is 35.7 Å². The van der Waals surface area contributed by atoms with Crippen LogP contribution in [0.25, 0.3) is 0 Å². The summed E-state index contributed by atoms with van der Waals surface area (Å²) in [5.41, 5.74) is -0.284. The molecule has 0 saturated carbocycles. The van der Waals surface area contributed by atoms with Crippen LogP contribution in [-0.2, 0) is 6.54 Å². The molecule has 0 aliphatic carbocycles. The van der Waals surface area contributed by atoms with Gasteiger partial charge < -0.3 is 19.5 Å². The fourth-order valence-electron chi connectivity index (χ4n) is 1.76. The first-order valence-corrected chi connectivity index (χ1v) is 6.78. The summed E-state index contributed by atoms with van der Waals surface area (Å²) in [7, 11) is 2.67. The molecule has 11 heteroatoms. The number of alkyl halides is 3. The summed E-state index contributed by atoms with van der Waals surface area (Å²) >= 11 is 0. The average Bonchev–Trinajstić information content (AvgIpc) is 2.58. The van der Waals surface area contributed by atoms with Gasteiger partial charge in [-0.3, -0.25) is 4.79 Å². The van der Waals surface area contributed by atoms with Crippen LogP contribution in [0.3, 0.4) is 0 Å². The Morgan fingerprint density at radius 2 is 1.68 bits per heavy atom. The standard InChI is InChI=1S/C14H13F3N4O4/c1-23-12-19-10(20-13(21-12)24-2)7-18-11(22)8-5-3-4-6-9(8)25-14(15,16)17/h3-6H,7H2,1-2H3,(H,18,22). The number of para-hydroxylation sites is 1. The molecule has 1 N–H and O–H groups in total. The van der Waals surface area contributed by atoms with E-state index < -0.39 is 18.0 Å². The number of hydrogen-bond acceptors (Lipinski definition) is 7. The second-order valence-electron chi connectivity index (χ2n) is 4.45. The maximum Gasteiger partial charge on any atom is 0.573 e. The van der Waals surface area contributed by atoms with Gasteiger partial charge >= 0.3 is 18.4 Å². The van der Waals surface area contributed by atoms with E-state index in [2.05, 4.69) is 25.0 Å². The van der Waals surface area contributed by atoms with Gasteiger partial charge in [0.25, 0.3) is 5.91 Å². The number of carbonyl (C=O) groups excluding carboxylic acids is 1. The minimum Gasteiger partial charge on any atom is -0.467 e. The van der Waals surface area contributed by atoms with Gasteiger partial charge in [0.2, 0.25) is 0 Å². The SMILES string of the molecule is COc1nc(CNC(=O)c2ccccc2OC(F)(F)F)nc(OC)n1. The molecule has 0 spiro atoms. The number of rotatable bonds is 6. The average molecular weight is 358 g/mol. The number of ether oxygens (including phenoxy) is 3. The highest BCUT2D eigenvalue weighted by Gasteiger charge is 2.32. The summed E-state index contributed by atoms with van der Waals surface area (Å²) in [6, 6.07) is 4.91. The molecule has 1 amide bonds. The quantitative estimate of drug-likeness (QED) is 0.840. The Labute approximate surface area is 140 Å². The van der Waals surface area contributed by atoms with Gasteiger partial charge in [0, 0.05) is 0 Å². The van der Waals surface area contributed by atoms with Gasteiger partial charge in [-0.1, -0.05) is 12.1 Å². The summed E-state index contributed by atoms with van der Waals surface area (Å²) in [6.45, 7) is -0.186. The number of aromatic nitrogens is 3. The van der Waals surface area contributed by atoms with E-state index in [4.69, 9.17) is 9.47 Å². The van der Waals surface area contributed by atoms with E-state index >= 15 is 0 Å². The highest BCUT2D eigenvalue weighted by Crippen LogP contribution is 2.26. The van der Waals surface area contributed by atoms with Gasteiger partial charge in [0.15, 0.2) is 5.82 Å². The zero-order chi connectivity index (χ0) is 18.4. The third kappa shape index (κ3) is 5.19. The van der Waals surface area contributed by atoms with E-state index in [1.165, 1.54) is 32.4 Å². The van der Waals surface area contributed by atoms with E-state index in [-0.39, 0.29) is 30.0 Å². The largest absolute Gasteiger partial charge is 0.573 e. The Morgan fingerprint density at radius 1 is 1.08 bits per heavy atom. The molecular weight excluding hydrogens is 345 g/mol. The molecule has 25 heavy (non-hydrogen) atoms. The van der Waals surface area contributed by atoms with E-state index in [1.807, 2.05) is 0 Å². The lowest BCUT2D eigenvalue weighted by molar-refractivity contribution is -0.274. The maximum absolute atomic E-state index is 12.4. The molecule has 0 bridgehead atoms. The van der Waals surface area contributed by atoms with Crippen LogP contribution in [0.2, 0.25) is 0 Å². The molecule has 134 valence electrons. The zero-order valence-electron chi connectivity index (χ0n) is 13.1. The number of nitrogens with one attached hydrogen (secondary N) is 1. The Kier molecular flexibility index (Phi) is 5.57. The second-order valence-corrected chi connectivity index (χ2v) is 4.45. The fraction of sp³-hybridized carbons (Fsp3) is 0.286. The fourth-order valence-corrected chi connectivity index (χ4v) is 1.76. The van der Waals surface area contributed by atoms with Crippen molar-refractivity contribution in [2.24, 2.45) is 0 Å². The molecule has 0 fully saturated rings. The molecule has 1 aromatic heterocycles. The Balaban J connectivity index is 2.13. The van der Waals surface area contributed by atoms with Crippen molar-refractivity contribution >= 4 is 5.91 Å². The first-order chi connectivity index (χ1) is 11.8. The third-order valence-corrected chi connectivity index (χ3v) is 2.77. The van der Waals surface area contributed by atoms with E-state index in [1.54, 1.807) is 0 Å². The van der Waals surface area contributed by atoms with Crippen LogP contribution in [0.5, 0.6) is 17.8 Å². The van der Waals surface area contributed by atoms with Gasteiger partial charge in [-0.15, -0.1) is 18.2 Å². The van der Waals surface area contributed by atoms with Crippen molar-refractivity contribution in [1.82, 2.24) is 20.3 Å². The molecule has 0 saturated heterocycles. The molecule has 2 aromatic rings. The molecule has 0 radical (unpaired) electrons. The first-order valence-electron chi connectivity index (χ1n) is 6.78. The van der Waals surface area contributed by atoms with Crippen LogP contribution in [0.15, 0.2) is 24.3 Å². The van der Waals surface area contributed by atoms with Crippen molar-refractivity contribution in [2.75, 3.05) is 14.2 Å². The van der Waals surface area contributed by atoms with Gasteiger partial charge in [-0.05, 0) is 12.1 Å². The van der Waals surface area contributed by atoms with Crippen molar-refractivity contribution in [3.63, 3.8) is 0 Å². The summed E-state index contributed by atoms with van der Waals surface area (Å²) in [5.74, 6) is -1.30. The summed E-state index contributed by atoms with van der Waals surface area (Å²) in [4.78, 5) is 23.7. The normalized spacial score (nSPS) is 10.9. The molecule has 8 nitrogen and oxygen atoms in total. The van der Waals surface area contributed by atoms with Crippen LogP contribution in [0.1, 0.15) is 16.2 Å². The highest BCUT2D eigenvalue weighted by molar-refractivity contribution is 5.96. The summed E-state index contributed by atoms with van der Waals surface area (Å²) < 4.78 is 50.7. The number of nitrogens with zero attached hydrogens (tertiary/aromatic N) is 3. The molecule has 0 unspecified atom stereocenters. The highest BCUT2D eigenvalue weighted by atomic mass is 19.4. The Morgan fingerprint density at radius 3 is 2.24 bits per heavy atom. The molecule has 1 aromatic carbocycles. The summed E-state index contributed by atoms with van der Waals surface area (Å²) in [5, 5.41) is 2.39. The van der Waals surface area contributed by atoms with Crippen molar-refractivity contribution in [2.45, 2.75) is 12.9 Å². The van der Waals surface area contributed by atoms with Crippen LogP contribution < -0.4 is 19.5 Å². The van der Waals surface area contributed by atoms with Crippen molar-refractivity contribution in [1.29, 1.82) is 0 Å². The lowest BCUT2D eigenvalue weighted by Crippen LogP contribution is -2.26. The minimum absolute atomic E-state index is 0.0306. The lowest BCUT2D eigenvalue weighted by Gasteiger charge is -2.13. The zero-order valence-corrected chi connectivity index (χ0v) is 13.1. The maximum atomic E-state index is 12.4. The Hall–Kier alpha value is -3.11. The topological polar surface area (TPSA) is 95.5 Å². The number of halogens is 3. The predicted molar refractivity (Wildman–Crippen MR) is 77.2 cm³/mol. The summed E-state index contributed by atoms with van der Waals surface area (Å²) in [6.07, 6.45) is -4.91. The predicted octanol–water partition coefficient (Wildman–Crippen LogP) is 1.72. The van der Waals surface area contributed by atoms with Crippen molar-refractivity contribution < 1.29 is 32.2 Å². The van der Waals surface area contributed by atoms with Crippen LogP contribution in [-0.4, -0.2) is 41.4 Å². The molecule has 0 atom stereocenters. The number of amides is 1. The monoisotopic (exact) mass is 358 g/mol. The van der Waals surface area contributed by atoms with Crippen LogP contribution in [0, 0.1) is 0 Å². The van der Waals surface area contributed by atoms with Crippen LogP contribution >= 0.6 is 0 Å². The number of carbonyl (C=O) groups is 1. The molecule has 0 aliphatic heterocycles. The van der Waals surface area contributed by atoms with Crippen LogP contribution in [0.4, 0.5) is 13.2 Å². The number of methoxy groups -OCH3 is 2. The van der Waals surface area contributed by atoms with Gasteiger partial charge in [-0.25, -0.2) is 0 Å². The number of hydrogen-bond donors (Lipinski definition) is 1. The van der Waals surface area contributed by atoms with Gasteiger partial charge in [0.05, 0.1) is 26.3 Å². The van der Waals surface area contributed by atoms with E-state index in [0.29, 0.717) is 0 Å². The molecule has 2 rings (SSSR count). The molecule has 0 aliphatic rings. The Bertz CT molecular complexity index is 733.